The molecule has 0 spiro atoms. The molecule has 0 unspecified atom stereocenters. The fourth-order valence-electron chi connectivity index (χ4n) is 1.82. The lowest BCUT2D eigenvalue weighted by atomic mass is 10.3. The third kappa shape index (κ3) is 5.12. The van der Waals surface area contributed by atoms with Crippen LogP contribution in [-0.2, 0) is 10.0 Å². The van der Waals surface area contributed by atoms with Crippen LogP contribution in [0.1, 0.15) is 20.3 Å². The van der Waals surface area contributed by atoms with Crippen molar-refractivity contribution in [1.82, 2.24) is 9.62 Å². The van der Waals surface area contributed by atoms with Gasteiger partial charge in [-0.05, 0) is 44.3 Å². The van der Waals surface area contributed by atoms with E-state index >= 15 is 0 Å². The minimum Gasteiger partial charge on any atom is -0.304 e. The van der Waals surface area contributed by atoms with Gasteiger partial charge in [0, 0.05) is 11.0 Å². The summed E-state index contributed by atoms with van der Waals surface area (Å²) in [5.74, 6) is -0.754. The van der Waals surface area contributed by atoms with Gasteiger partial charge in [-0.1, -0.05) is 29.8 Å². The molecule has 0 radical (unpaired) electrons. The number of rotatable bonds is 8. The van der Waals surface area contributed by atoms with Gasteiger partial charge < -0.3 is 4.90 Å². The Bertz CT molecular complexity index is 533. The van der Waals surface area contributed by atoms with E-state index in [2.05, 4.69) is 39.4 Å². The second-order valence-electron chi connectivity index (χ2n) is 4.35. The van der Waals surface area contributed by atoms with Crippen molar-refractivity contribution >= 4 is 26.0 Å². The summed E-state index contributed by atoms with van der Waals surface area (Å²) in [6.07, 6.45) is 0.694. The van der Waals surface area contributed by atoms with Gasteiger partial charge in [-0.2, -0.15) is 0 Å². The molecular weight excluding hydrogens is 347 g/mol. The Labute approximate surface area is 128 Å². The highest BCUT2D eigenvalue weighted by Gasteiger charge is 2.18. The van der Waals surface area contributed by atoms with Crippen molar-refractivity contribution in [2.45, 2.75) is 25.2 Å². The van der Waals surface area contributed by atoms with Gasteiger partial charge in [0.25, 0.3) is 0 Å². The zero-order valence-electron chi connectivity index (χ0n) is 11.7. The molecule has 0 aliphatic heterocycles. The first-order chi connectivity index (χ1) is 9.40. The minimum atomic E-state index is -3.78. The Morgan fingerprint density at radius 3 is 2.50 bits per heavy atom. The maximum absolute atomic E-state index is 13.6. The largest absolute Gasteiger partial charge is 0.304 e. The molecule has 1 aromatic carbocycles. The highest BCUT2D eigenvalue weighted by molar-refractivity contribution is 9.10. The molecule has 0 saturated heterocycles. The maximum Gasteiger partial charge on any atom is 0.243 e. The highest BCUT2D eigenvalue weighted by atomic mass is 79.9. The van der Waals surface area contributed by atoms with Crippen LogP contribution in [0.5, 0.6) is 0 Å². The van der Waals surface area contributed by atoms with Crippen molar-refractivity contribution in [3.63, 3.8) is 0 Å². The smallest absolute Gasteiger partial charge is 0.243 e. The van der Waals surface area contributed by atoms with Crippen LogP contribution in [0.25, 0.3) is 0 Å². The Hall–Kier alpha value is -0.500. The van der Waals surface area contributed by atoms with Crippen LogP contribution in [0.4, 0.5) is 4.39 Å². The normalized spacial score (nSPS) is 12.1. The van der Waals surface area contributed by atoms with E-state index < -0.39 is 15.8 Å². The summed E-state index contributed by atoms with van der Waals surface area (Å²) >= 11 is 3.10. The van der Waals surface area contributed by atoms with Crippen molar-refractivity contribution in [3.8, 4) is 0 Å². The van der Waals surface area contributed by atoms with E-state index in [1.54, 1.807) is 0 Å². The van der Waals surface area contributed by atoms with Gasteiger partial charge in [-0.25, -0.2) is 17.5 Å². The van der Waals surface area contributed by atoms with E-state index in [1.165, 1.54) is 12.1 Å². The van der Waals surface area contributed by atoms with E-state index in [-0.39, 0.29) is 4.90 Å². The average molecular weight is 367 g/mol. The molecule has 0 saturated carbocycles. The zero-order valence-corrected chi connectivity index (χ0v) is 14.1. The maximum atomic E-state index is 13.6. The number of hydrogen-bond donors (Lipinski definition) is 1. The molecule has 0 atom stereocenters. The molecule has 0 aliphatic rings. The SMILES string of the molecule is CCN(CC)CCCNS(=O)(=O)c1ccc(Br)cc1F. The molecule has 0 heterocycles. The van der Waals surface area contributed by atoms with Gasteiger partial charge in [0.05, 0.1) is 0 Å². The van der Waals surface area contributed by atoms with Crippen LogP contribution in [0.2, 0.25) is 0 Å². The van der Waals surface area contributed by atoms with Gasteiger partial charge >= 0.3 is 0 Å². The number of hydrogen-bond acceptors (Lipinski definition) is 3. The van der Waals surface area contributed by atoms with Crippen molar-refractivity contribution in [3.05, 3.63) is 28.5 Å². The second kappa shape index (κ2) is 8.07. The number of halogens is 2. The molecule has 7 heteroatoms. The van der Waals surface area contributed by atoms with Crippen LogP contribution in [0.15, 0.2) is 27.6 Å². The topological polar surface area (TPSA) is 49.4 Å². The molecule has 1 aromatic rings. The van der Waals surface area contributed by atoms with Crippen molar-refractivity contribution in [2.75, 3.05) is 26.2 Å². The first-order valence-electron chi connectivity index (χ1n) is 6.57. The summed E-state index contributed by atoms with van der Waals surface area (Å²) in [6, 6.07) is 3.91. The number of benzene rings is 1. The van der Waals surface area contributed by atoms with Gasteiger partial charge in [0.2, 0.25) is 10.0 Å². The van der Waals surface area contributed by atoms with Crippen LogP contribution < -0.4 is 4.72 Å². The van der Waals surface area contributed by atoms with Gasteiger partial charge in [-0.3, -0.25) is 0 Å². The number of nitrogens with zero attached hydrogens (tertiary/aromatic N) is 1. The van der Waals surface area contributed by atoms with Crippen LogP contribution in [0, 0.1) is 5.82 Å². The first kappa shape index (κ1) is 17.6. The minimum absolute atomic E-state index is 0.300. The lowest BCUT2D eigenvalue weighted by Gasteiger charge is -2.17. The molecule has 114 valence electrons. The average Bonchev–Trinajstić information content (AvgIpc) is 2.38. The quantitative estimate of drug-likeness (QED) is 0.719. The lowest BCUT2D eigenvalue weighted by molar-refractivity contribution is 0.300. The van der Waals surface area contributed by atoms with E-state index in [0.717, 1.165) is 25.7 Å². The van der Waals surface area contributed by atoms with E-state index in [0.29, 0.717) is 17.4 Å². The molecule has 1 N–H and O–H groups in total. The fraction of sp³-hybridized carbons (Fsp3) is 0.538. The standard InChI is InChI=1S/C13H20BrFN2O2S/c1-3-17(4-2)9-5-8-16-20(18,19)13-7-6-11(14)10-12(13)15/h6-7,10,16H,3-5,8-9H2,1-2H3. The highest BCUT2D eigenvalue weighted by Crippen LogP contribution is 2.19. The predicted molar refractivity (Wildman–Crippen MR) is 81.7 cm³/mol. The summed E-state index contributed by atoms with van der Waals surface area (Å²) in [5, 5.41) is 0. The molecule has 0 bridgehead atoms. The van der Waals surface area contributed by atoms with E-state index in [4.69, 9.17) is 0 Å². The van der Waals surface area contributed by atoms with Crippen molar-refractivity contribution in [1.29, 1.82) is 0 Å². The zero-order chi connectivity index (χ0) is 15.2. The molecule has 0 aromatic heterocycles. The summed E-state index contributed by atoms with van der Waals surface area (Å²) in [6.45, 7) is 7.11. The Kier molecular flexibility index (Phi) is 7.08. The molecule has 4 nitrogen and oxygen atoms in total. The van der Waals surface area contributed by atoms with Crippen molar-refractivity contribution in [2.24, 2.45) is 0 Å². The third-order valence-corrected chi connectivity index (χ3v) is 5.01. The molecule has 1 rings (SSSR count). The molecule has 0 fully saturated rings. The second-order valence-corrected chi connectivity index (χ2v) is 7.00. The van der Waals surface area contributed by atoms with E-state index in [9.17, 15) is 12.8 Å². The first-order valence-corrected chi connectivity index (χ1v) is 8.85. The summed E-state index contributed by atoms with van der Waals surface area (Å²) in [4.78, 5) is 1.89. The molecular formula is C13H20BrFN2O2S. The Balaban J connectivity index is 2.58. The number of nitrogens with one attached hydrogen (secondary N) is 1. The fourth-order valence-corrected chi connectivity index (χ4v) is 3.28. The van der Waals surface area contributed by atoms with Crippen LogP contribution >= 0.6 is 15.9 Å². The van der Waals surface area contributed by atoms with E-state index in [1.807, 2.05) is 0 Å². The lowest BCUT2D eigenvalue weighted by Crippen LogP contribution is -2.30. The Morgan fingerprint density at radius 2 is 1.95 bits per heavy atom. The van der Waals surface area contributed by atoms with Crippen molar-refractivity contribution < 1.29 is 12.8 Å². The van der Waals surface area contributed by atoms with Gasteiger partial charge in [0.15, 0.2) is 0 Å². The van der Waals surface area contributed by atoms with Crippen LogP contribution in [0.3, 0.4) is 0 Å². The monoisotopic (exact) mass is 366 g/mol. The molecule has 20 heavy (non-hydrogen) atoms. The summed E-state index contributed by atoms with van der Waals surface area (Å²) < 4.78 is 40.5. The number of sulfonamides is 1. The van der Waals surface area contributed by atoms with Gasteiger partial charge in [-0.15, -0.1) is 0 Å². The predicted octanol–water partition coefficient (Wildman–Crippen LogP) is 2.60. The molecule has 0 aliphatic carbocycles. The van der Waals surface area contributed by atoms with Gasteiger partial charge in [0.1, 0.15) is 10.7 Å². The summed E-state index contributed by atoms with van der Waals surface area (Å²) in [7, 11) is -3.78. The van der Waals surface area contributed by atoms with Crippen LogP contribution in [-0.4, -0.2) is 39.5 Å². The third-order valence-electron chi connectivity index (χ3n) is 3.02. The summed E-state index contributed by atoms with van der Waals surface area (Å²) in [5.41, 5.74) is 0. The Morgan fingerprint density at radius 1 is 1.30 bits per heavy atom. The molecule has 0 amide bonds.